The van der Waals surface area contributed by atoms with Gasteiger partial charge in [0.25, 0.3) is 0 Å². The molecule has 0 unspecified atom stereocenters. The van der Waals surface area contributed by atoms with E-state index in [1.165, 1.54) is 19.4 Å². The first-order valence-electron chi connectivity index (χ1n) is 5.81. The van der Waals surface area contributed by atoms with E-state index < -0.39 is 0 Å². The van der Waals surface area contributed by atoms with Gasteiger partial charge < -0.3 is 9.64 Å². The number of rotatable bonds is 3. The molecule has 1 heterocycles. The summed E-state index contributed by atoms with van der Waals surface area (Å²) >= 11 is 3.45. The van der Waals surface area contributed by atoms with E-state index in [4.69, 9.17) is 4.74 Å². The first kappa shape index (κ1) is 14.8. The lowest BCUT2D eigenvalue weighted by Crippen LogP contribution is -2.34. The Hall–Kier alpha value is -0.250. The molecule has 1 saturated heterocycles. The monoisotopic (exact) mass is 319 g/mol. The Labute approximate surface area is 118 Å². The van der Waals surface area contributed by atoms with Gasteiger partial charge in [0.1, 0.15) is 5.75 Å². The molecule has 17 heavy (non-hydrogen) atoms. The van der Waals surface area contributed by atoms with Crippen LogP contribution in [0.3, 0.4) is 0 Å². The fourth-order valence-electron chi connectivity index (χ4n) is 2.18. The van der Waals surface area contributed by atoms with Crippen LogP contribution in [0.5, 0.6) is 5.75 Å². The third-order valence-electron chi connectivity index (χ3n) is 3.00. The van der Waals surface area contributed by atoms with Gasteiger partial charge >= 0.3 is 0 Å². The predicted molar refractivity (Wildman–Crippen MR) is 77.1 cm³/mol. The van der Waals surface area contributed by atoms with Gasteiger partial charge in [-0.05, 0) is 44.6 Å². The maximum absolute atomic E-state index is 5.82. The summed E-state index contributed by atoms with van der Waals surface area (Å²) < 4.78 is 6.89. The third-order valence-corrected chi connectivity index (χ3v) is 3.50. The zero-order valence-corrected chi connectivity index (χ0v) is 12.5. The van der Waals surface area contributed by atoms with Crippen molar-refractivity contribution < 1.29 is 4.74 Å². The molecule has 0 aliphatic carbocycles. The smallest absolute Gasteiger partial charge is 0.120 e. The number of piperidine rings is 1. The largest absolute Gasteiger partial charge is 0.493 e. The van der Waals surface area contributed by atoms with Crippen molar-refractivity contribution in [3.8, 4) is 5.75 Å². The molecule has 1 fully saturated rings. The molecule has 0 bridgehead atoms. The number of likely N-dealkylation sites (tertiary alicyclic amines) is 1. The second kappa shape index (κ2) is 7.24. The van der Waals surface area contributed by atoms with Crippen LogP contribution in [0.25, 0.3) is 0 Å². The van der Waals surface area contributed by atoms with Gasteiger partial charge in [0.2, 0.25) is 0 Å². The summed E-state index contributed by atoms with van der Waals surface area (Å²) in [6.07, 6.45) is 2.58. The van der Waals surface area contributed by atoms with Gasteiger partial charge in [-0.1, -0.05) is 22.0 Å². The molecule has 0 saturated carbocycles. The van der Waals surface area contributed by atoms with Crippen molar-refractivity contribution in [3.05, 3.63) is 28.7 Å². The number of ether oxygens (including phenoxy) is 1. The SMILES string of the molecule is CN1CCC[C@@H](COc2cccc(Br)c2)C1.Cl. The Morgan fingerprint density at radius 2 is 2.29 bits per heavy atom. The van der Waals surface area contributed by atoms with E-state index in [9.17, 15) is 0 Å². The summed E-state index contributed by atoms with van der Waals surface area (Å²) in [5.74, 6) is 1.64. The number of hydrogen-bond acceptors (Lipinski definition) is 2. The van der Waals surface area contributed by atoms with Crippen molar-refractivity contribution in [3.63, 3.8) is 0 Å². The van der Waals surface area contributed by atoms with Gasteiger partial charge in [-0.25, -0.2) is 0 Å². The Morgan fingerprint density at radius 1 is 1.47 bits per heavy atom. The Kier molecular flexibility index (Phi) is 6.31. The van der Waals surface area contributed by atoms with Crippen molar-refractivity contribution in [1.82, 2.24) is 4.90 Å². The second-order valence-corrected chi connectivity index (χ2v) is 5.45. The maximum atomic E-state index is 5.82. The van der Waals surface area contributed by atoms with Crippen LogP contribution in [-0.4, -0.2) is 31.6 Å². The Balaban J connectivity index is 0.00000144. The molecule has 2 rings (SSSR count). The molecular formula is C13H19BrClNO. The van der Waals surface area contributed by atoms with Crippen molar-refractivity contribution in [2.24, 2.45) is 5.92 Å². The first-order valence-corrected chi connectivity index (χ1v) is 6.60. The molecule has 0 radical (unpaired) electrons. The standard InChI is InChI=1S/C13H18BrNO.ClH/c1-15-7-3-4-11(9-15)10-16-13-6-2-5-12(14)8-13;/h2,5-6,8,11H,3-4,7,9-10H2,1H3;1H/t11-;/m1./s1. The zero-order valence-electron chi connectivity index (χ0n) is 10.1. The molecule has 1 aliphatic heterocycles. The molecule has 1 atom stereocenters. The first-order chi connectivity index (χ1) is 7.74. The highest BCUT2D eigenvalue weighted by Crippen LogP contribution is 2.20. The second-order valence-electron chi connectivity index (χ2n) is 4.54. The van der Waals surface area contributed by atoms with Gasteiger partial charge in [-0.3, -0.25) is 0 Å². The summed E-state index contributed by atoms with van der Waals surface area (Å²) in [5, 5.41) is 0. The molecule has 0 aromatic heterocycles. The average Bonchev–Trinajstić information content (AvgIpc) is 2.27. The molecule has 4 heteroatoms. The molecular weight excluding hydrogens is 302 g/mol. The molecule has 2 nitrogen and oxygen atoms in total. The van der Waals surface area contributed by atoms with Crippen LogP contribution in [0, 0.1) is 5.92 Å². The number of hydrogen-bond donors (Lipinski definition) is 0. The van der Waals surface area contributed by atoms with Crippen LogP contribution in [0.1, 0.15) is 12.8 Å². The Morgan fingerprint density at radius 3 is 3.00 bits per heavy atom. The summed E-state index contributed by atoms with van der Waals surface area (Å²) in [7, 11) is 2.19. The molecule has 0 spiro atoms. The lowest BCUT2D eigenvalue weighted by molar-refractivity contribution is 0.150. The Bertz CT molecular complexity index is 348. The normalized spacial score (nSPS) is 20.7. The van der Waals surface area contributed by atoms with Crippen molar-refractivity contribution in [2.75, 3.05) is 26.7 Å². The summed E-state index contributed by atoms with van der Waals surface area (Å²) in [4.78, 5) is 2.39. The quantitative estimate of drug-likeness (QED) is 0.844. The highest BCUT2D eigenvalue weighted by Gasteiger charge is 2.17. The van der Waals surface area contributed by atoms with Crippen LogP contribution >= 0.6 is 28.3 Å². The molecule has 96 valence electrons. The minimum Gasteiger partial charge on any atom is -0.493 e. The van der Waals surface area contributed by atoms with Crippen LogP contribution in [-0.2, 0) is 0 Å². The van der Waals surface area contributed by atoms with Crippen molar-refractivity contribution in [1.29, 1.82) is 0 Å². The van der Waals surface area contributed by atoms with Gasteiger partial charge in [0, 0.05) is 16.9 Å². The minimum absolute atomic E-state index is 0. The van der Waals surface area contributed by atoms with Crippen molar-refractivity contribution in [2.45, 2.75) is 12.8 Å². The van der Waals surface area contributed by atoms with Gasteiger partial charge in [0.15, 0.2) is 0 Å². The van der Waals surface area contributed by atoms with E-state index in [-0.39, 0.29) is 12.4 Å². The van der Waals surface area contributed by atoms with Crippen molar-refractivity contribution >= 4 is 28.3 Å². The van der Waals surface area contributed by atoms with Crippen LogP contribution < -0.4 is 4.74 Å². The molecule has 0 amide bonds. The molecule has 1 aromatic carbocycles. The number of halogens is 2. The molecule has 1 aromatic rings. The minimum atomic E-state index is 0. The van der Waals surface area contributed by atoms with Crippen LogP contribution in [0.2, 0.25) is 0 Å². The van der Waals surface area contributed by atoms with E-state index in [1.54, 1.807) is 0 Å². The topological polar surface area (TPSA) is 12.5 Å². The summed E-state index contributed by atoms with van der Waals surface area (Å²) in [5.41, 5.74) is 0. The van der Waals surface area contributed by atoms with Gasteiger partial charge in [-0.15, -0.1) is 12.4 Å². The molecule has 1 aliphatic rings. The fourth-order valence-corrected chi connectivity index (χ4v) is 2.56. The maximum Gasteiger partial charge on any atom is 0.120 e. The van der Waals surface area contributed by atoms with E-state index in [0.717, 1.165) is 23.4 Å². The van der Waals surface area contributed by atoms with E-state index in [1.807, 2.05) is 24.3 Å². The van der Waals surface area contributed by atoms with E-state index in [0.29, 0.717) is 5.92 Å². The number of benzene rings is 1. The van der Waals surface area contributed by atoms with E-state index >= 15 is 0 Å². The van der Waals surface area contributed by atoms with Crippen LogP contribution in [0.15, 0.2) is 28.7 Å². The highest BCUT2D eigenvalue weighted by atomic mass is 79.9. The predicted octanol–water partition coefficient (Wildman–Crippen LogP) is 3.59. The lowest BCUT2D eigenvalue weighted by atomic mass is 10.00. The summed E-state index contributed by atoms with van der Waals surface area (Å²) in [6, 6.07) is 8.05. The average molecular weight is 321 g/mol. The van der Waals surface area contributed by atoms with Gasteiger partial charge in [-0.2, -0.15) is 0 Å². The summed E-state index contributed by atoms with van der Waals surface area (Å²) in [6.45, 7) is 3.22. The lowest BCUT2D eigenvalue weighted by Gasteiger charge is -2.29. The number of nitrogens with zero attached hydrogens (tertiary/aromatic N) is 1. The molecule has 0 N–H and O–H groups in total. The highest BCUT2D eigenvalue weighted by molar-refractivity contribution is 9.10. The third kappa shape index (κ3) is 4.86. The van der Waals surface area contributed by atoms with Gasteiger partial charge in [0.05, 0.1) is 6.61 Å². The van der Waals surface area contributed by atoms with Crippen LogP contribution in [0.4, 0.5) is 0 Å². The van der Waals surface area contributed by atoms with E-state index in [2.05, 4.69) is 27.9 Å². The zero-order chi connectivity index (χ0) is 11.4. The fraction of sp³-hybridized carbons (Fsp3) is 0.538.